The summed E-state index contributed by atoms with van der Waals surface area (Å²) in [6, 6.07) is 11.9. The first-order chi connectivity index (χ1) is 15.2. The number of hydrogen-bond donors (Lipinski definition) is 2. The molecule has 0 spiro atoms. The number of halogens is 2. The van der Waals surface area contributed by atoms with Crippen LogP contribution in [-0.2, 0) is 4.79 Å². The number of nitrogens with zero attached hydrogens (tertiary/aromatic N) is 1. The van der Waals surface area contributed by atoms with Gasteiger partial charge >= 0.3 is 5.97 Å². The maximum Gasteiger partial charge on any atom is 0.337 e. The topological polar surface area (TPSA) is 91.9 Å². The second-order valence-electron chi connectivity index (χ2n) is 7.08. The molecule has 162 valence electrons. The Morgan fingerprint density at radius 1 is 1.19 bits per heavy atom. The Morgan fingerprint density at radius 3 is 2.56 bits per heavy atom. The monoisotopic (exact) mass is 530 g/mol. The van der Waals surface area contributed by atoms with E-state index in [0.717, 1.165) is 21.3 Å². The Labute approximate surface area is 201 Å². The summed E-state index contributed by atoms with van der Waals surface area (Å²) < 4.78 is 6.85. The van der Waals surface area contributed by atoms with Crippen molar-refractivity contribution < 1.29 is 19.1 Å². The molecular weight excluding hydrogens is 516 g/mol. The van der Waals surface area contributed by atoms with Crippen LogP contribution in [0.15, 0.2) is 61.3 Å². The highest BCUT2D eigenvalue weighted by molar-refractivity contribution is 9.10. The lowest BCUT2D eigenvalue weighted by Crippen LogP contribution is -2.19. The van der Waals surface area contributed by atoms with Gasteiger partial charge in [-0.15, -0.1) is 0 Å². The molecule has 4 rings (SSSR count). The molecule has 2 aromatic carbocycles. The minimum absolute atomic E-state index is 0.0197. The molecule has 1 aliphatic heterocycles. The van der Waals surface area contributed by atoms with Gasteiger partial charge in [-0.05, 0) is 73.1 Å². The van der Waals surface area contributed by atoms with Crippen molar-refractivity contribution in [3.8, 4) is 11.3 Å². The first-order valence-electron chi connectivity index (χ1n) is 9.40. The van der Waals surface area contributed by atoms with E-state index in [-0.39, 0.29) is 16.5 Å². The van der Waals surface area contributed by atoms with Crippen molar-refractivity contribution in [3.63, 3.8) is 0 Å². The molecule has 0 saturated carbocycles. The molecule has 2 heterocycles. The van der Waals surface area contributed by atoms with Crippen LogP contribution in [0.25, 0.3) is 17.4 Å². The molecular formula is C23H16BrClN2O4S. The standard InChI is InChI=1S/C23H16BrClN2O4S/c1-11-7-14(8-12(2)20(11)24)26-23-27-21(28)19(32-23)10-15-4-6-18(31-15)13-3-5-16(22(29)30)17(25)9-13/h3-10H,1-2H3,(H,29,30)(H,26,27,28)/b19-10-. The van der Waals surface area contributed by atoms with Crippen molar-refractivity contribution in [2.45, 2.75) is 13.8 Å². The molecule has 0 aliphatic carbocycles. The lowest BCUT2D eigenvalue weighted by molar-refractivity contribution is -0.115. The van der Waals surface area contributed by atoms with Gasteiger partial charge in [0.25, 0.3) is 5.91 Å². The van der Waals surface area contributed by atoms with E-state index in [2.05, 4.69) is 26.2 Å². The summed E-state index contributed by atoms with van der Waals surface area (Å²) in [6.45, 7) is 3.98. The number of amidine groups is 1. The van der Waals surface area contributed by atoms with E-state index in [1.54, 1.807) is 24.3 Å². The molecule has 9 heteroatoms. The zero-order valence-electron chi connectivity index (χ0n) is 16.9. The normalized spacial score (nSPS) is 16.1. The lowest BCUT2D eigenvalue weighted by Gasteiger charge is -2.04. The van der Waals surface area contributed by atoms with E-state index >= 15 is 0 Å². The minimum Gasteiger partial charge on any atom is -0.478 e. The van der Waals surface area contributed by atoms with Crippen LogP contribution in [0.2, 0.25) is 5.02 Å². The van der Waals surface area contributed by atoms with E-state index in [1.807, 2.05) is 26.0 Å². The number of rotatable bonds is 4. The SMILES string of the molecule is Cc1cc(N=C2NC(=O)/C(=C/c3ccc(-c4ccc(C(=O)O)c(Cl)c4)o3)S2)cc(C)c1Br. The van der Waals surface area contributed by atoms with E-state index in [0.29, 0.717) is 27.2 Å². The molecule has 1 aromatic heterocycles. The molecule has 3 aromatic rings. The Balaban J connectivity index is 1.55. The van der Waals surface area contributed by atoms with Gasteiger partial charge in [-0.25, -0.2) is 9.79 Å². The average molecular weight is 532 g/mol. The zero-order chi connectivity index (χ0) is 23.0. The highest BCUT2D eigenvalue weighted by atomic mass is 79.9. The van der Waals surface area contributed by atoms with Crippen LogP contribution in [0, 0.1) is 13.8 Å². The Hall–Kier alpha value is -2.81. The predicted octanol–water partition coefficient (Wildman–Crippen LogP) is 6.57. The van der Waals surface area contributed by atoms with Gasteiger partial charge in [0.1, 0.15) is 11.5 Å². The number of thioether (sulfide) groups is 1. The lowest BCUT2D eigenvalue weighted by atomic mass is 10.1. The second-order valence-corrected chi connectivity index (χ2v) is 9.31. The van der Waals surface area contributed by atoms with Gasteiger partial charge in [-0.3, -0.25) is 4.79 Å². The molecule has 6 nitrogen and oxygen atoms in total. The Kier molecular flexibility index (Phi) is 6.28. The van der Waals surface area contributed by atoms with Gasteiger partial charge in [0.2, 0.25) is 0 Å². The number of furan rings is 1. The number of carboxylic acid groups (broad SMARTS) is 1. The highest BCUT2D eigenvalue weighted by Crippen LogP contribution is 2.32. The van der Waals surface area contributed by atoms with Crippen molar-refractivity contribution in [2.75, 3.05) is 0 Å². The van der Waals surface area contributed by atoms with Crippen LogP contribution >= 0.6 is 39.3 Å². The minimum atomic E-state index is -1.10. The molecule has 1 aliphatic rings. The summed E-state index contributed by atoms with van der Waals surface area (Å²) in [5.74, 6) is -0.366. The van der Waals surface area contributed by atoms with Crippen LogP contribution in [0.5, 0.6) is 0 Å². The third-order valence-corrected chi connectivity index (χ3v) is 7.16. The number of carbonyl (C=O) groups is 2. The quantitative estimate of drug-likeness (QED) is 0.372. The third kappa shape index (κ3) is 4.67. The van der Waals surface area contributed by atoms with E-state index in [4.69, 9.17) is 21.1 Å². The van der Waals surface area contributed by atoms with Gasteiger partial charge in [0.05, 0.1) is 21.2 Å². The fourth-order valence-electron chi connectivity index (χ4n) is 3.14. The summed E-state index contributed by atoms with van der Waals surface area (Å²) in [5.41, 5.74) is 3.54. The van der Waals surface area contributed by atoms with Crippen molar-refractivity contribution >= 4 is 68.1 Å². The molecule has 1 fully saturated rings. The number of aryl methyl sites for hydroxylation is 2. The predicted molar refractivity (Wildman–Crippen MR) is 131 cm³/mol. The van der Waals surface area contributed by atoms with Gasteiger partial charge in [-0.1, -0.05) is 33.6 Å². The number of carbonyl (C=O) groups excluding carboxylic acids is 1. The number of nitrogens with one attached hydrogen (secondary N) is 1. The van der Waals surface area contributed by atoms with Crippen LogP contribution in [-0.4, -0.2) is 22.2 Å². The molecule has 32 heavy (non-hydrogen) atoms. The van der Waals surface area contributed by atoms with Crippen LogP contribution in [0.3, 0.4) is 0 Å². The van der Waals surface area contributed by atoms with E-state index < -0.39 is 5.97 Å². The number of aliphatic imine (C=N–C) groups is 1. The largest absolute Gasteiger partial charge is 0.478 e. The summed E-state index contributed by atoms with van der Waals surface area (Å²) in [6.07, 6.45) is 1.64. The molecule has 0 radical (unpaired) electrons. The fraction of sp³-hybridized carbons (Fsp3) is 0.0870. The third-order valence-electron chi connectivity index (χ3n) is 4.69. The van der Waals surface area contributed by atoms with Crippen molar-refractivity contribution in [1.29, 1.82) is 0 Å². The molecule has 0 unspecified atom stereocenters. The number of carboxylic acids is 1. The number of amides is 1. The van der Waals surface area contributed by atoms with Crippen LogP contribution < -0.4 is 5.32 Å². The van der Waals surface area contributed by atoms with Crippen LogP contribution in [0.1, 0.15) is 27.2 Å². The highest BCUT2D eigenvalue weighted by Gasteiger charge is 2.24. The summed E-state index contributed by atoms with van der Waals surface area (Å²) in [7, 11) is 0. The maximum absolute atomic E-state index is 12.4. The first kappa shape index (κ1) is 22.4. The van der Waals surface area contributed by atoms with Gasteiger partial charge < -0.3 is 14.8 Å². The smallest absolute Gasteiger partial charge is 0.337 e. The van der Waals surface area contributed by atoms with Crippen molar-refractivity contribution in [2.24, 2.45) is 4.99 Å². The zero-order valence-corrected chi connectivity index (χ0v) is 20.1. The summed E-state index contributed by atoms with van der Waals surface area (Å²) in [4.78, 5) is 28.5. The molecule has 1 saturated heterocycles. The van der Waals surface area contributed by atoms with Gasteiger partial charge in [0, 0.05) is 16.1 Å². The first-order valence-corrected chi connectivity index (χ1v) is 11.4. The second kappa shape index (κ2) is 8.97. The maximum atomic E-state index is 12.4. The number of benzene rings is 2. The van der Waals surface area contributed by atoms with E-state index in [1.165, 1.54) is 23.9 Å². The van der Waals surface area contributed by atoms with E-state index in [9.17, 15) is 9.59 Å². The van der Waals surface area contributed by atoms with Gasteiger partial charge in [0.15, 0.2) is 5.17 Å². The Morgan fingerprint density at radius 2 is 1.91 bits per heavy atom. The molecule has 2 N–H and O–H groups in total. The number of aromatic carboxylic acids is 1. The molecule has 1 amide bonds. The average Bonchev–Trinajstić information content (AvgIpc) is 3.32. The van der Waals surface area contributed by atoms with Crippen molar-refractivity contribution in [3.05, 3.63) is 79.3 Å². The summed E-state index contributed by atoms with van der Waals surface area (Å²) >= 11 is 10.8. The Bertz CT molecular complexity index is 1310. The van der Waals surface area contributed by atoms with Crippen molar-refractivity contribution in [1.82, 2.24) is 5.32 Å². The molecule has 0 atom stereocenters. The number of hydrogen-bond acceptors (Lipinski definition) is 5. The fourth-order valence-corrected chi connectivity index (χ4v) is 4.45. The van der Waals surface area contributed by atoms with Gasteiger partial charge in [-0.2, -0.15) is 0 Å². The molecule has 0 bridgehead atoms. The van der Waals surface area contributed by atoms with Crippen LogP contribution in [0.4, 0.5) is 5.69 Å². The summed E-state index contributed by atoms with van der Waals surface area (Å²) in [5, 5.41) is 12.5.